The summed E-state index contributed by atoms with van der Waals surface area (Å²) < 4.78 is 5.85. The van der Waals surface area contributed by atoms with Crippen molar-refractivity contribution in [2.75, 3.05) is 5.32 Å². The van der Waals surface area contributed by atoms with Gasteiger partial charge in [0.1, 0.15) is 0 Å². The van der Waals surface area contributed by atoms with Crippen molar-refractivity contribution >= 4 is 11.6 Å². The quantitative estimate of drug-likeness (QED) is 0.721. The average molecular weight is 304 g/mol. The number of hydrogen-bond acceptors (Lipinski definition) is 3. The summed E-state index contributed by atoms with van der Waals surface area (Å²) in [6, 6.07) is 17.1. The lowest BCUT2D eigenvalue weighted by atomic mass is 10.1. The van der Waals surface area contributed by atoms with E-state index < -0.39 is 0 Å². The summed E-state index contributed by atoms with van der Waals surface area (Å²) in [7, 11) is 0. The molecule has 114 valence electrons. The van der Waals surface area contributed by atoms with Crippen LogP contribution in [0.1, 0.15) is 6.92 Å². The van der Waals surface area contributed by atoms with Crippen molar-refractivity contribution in [3.63, 3.8) is 0 Å². The Morgan fingerprint density at radius 1 is 1.09 bits per heavy atom. The van der Waals surface area contributed by atoms with Gasteiger partial charge < -0.3 is 9.73 Å². The Kier molecular flexibility index (Phi) is 4.06. The molecule has 0 unspecified atom stereocenters. The van der Waals surface area contributed by atoms with Crippen LogP contribution in [-0.2, 0) is 4.79 Å². The molecule has 3 rings (SSSR count). The molecule has 1 amide bonds. The molecule has 2 aromatic carbocycles. The third-order valence-electron chi connectivity index (χ3n) is 3.36. The zero-order valence-corrected chi connectivity index (χ0v) is 12.7. The van der Waals surface area contributed by atoms with E-state index in [1.807, 2.05) is 54.6 Å². The number of hydrogen-bond donors (Lipinski definition) is 1. The summed E-state index contributed by atoms with van der Waals surface area (Å²) in [4.78, 5) is 16.2. The molecule has 0 aliphatic heterocycles. The van der Waals surface area contributed by atoms with Crippen molar-refractivity contribution in [3.8, 4) is 22.8 Å². The van der Waals surface area contributed by atoms with Gasteiger partial charge in [-0.05, 0) is 19.1 Å². The fraction of sp³-hybridized carbons (Fsp3) is 0.0526. The van der Waals surface area contributed by atoms with Crippen LogP contribution < -0.4 is 5.32 Å². The standard InChI is InChI=1S/C19H16N2O2/c1-13(2)18(22)21-16-11-7-6-10-15(16)19-20-12-17(23-19)14-8-4-3-5-9-14/h3-12H,1H2,2H3,(H,21,22). The maximum absolute atomic E-state index is 11.9. The lowest BCUT2D eigenvalue weighted by Crippen LogP contribution is -2.12. The molecule has 23 heavy (non-hydrogen) atoms. The van der Waals surface area contributed by atoms with Crippen LogP contribution in [0.4, 0.5) is 5.69 Å². The molecule has 4 nitrogen and oxygen atoms in total. The Labute approximate surface area is 134 Å². The molecule has 1 aromatic heterocycles. The summed E-state index contributed by atoms with van der Waals surface area (Å²) in [6.45, 7) is 5.31. The van der Waals surface area contributed by atoms with Gasteiger partial charge in [0.15, 0.2) is 5.76 Å². The number of amides is 1. The molecule has 0 aliphatic rings. The highest BCUT2D eigenvalue weighted by Crippen LogP contribution is 2.30. The summed E-state index contributed by atoms with van der Waals surface area (Å²) in [5.74, 6) is 0.912. The van der Waals surface area contributed by atoms with E-state index in [-0.39, 0.29) is 5.91 Å². The van der Waals surface area contributed by atoms with Gasteiger partial charge in [-0.25, -0.2) is 4.98 Å². The van der Waals surface area contributed by atoms with E-state index in [1.54, 1.807) is 13.1 Å². The molecular weight excluding hydrogens is 288 g/mol. The van der Waals surface area contributed by atoms with Crippen molar-refractivity contribution < 1.29 is 9.21 Å². The highest BCUT2D eigenvalue weighted by Gasteiger charge is 2.13. The number of para-hydroxylation sites is 1. The minimum Gasteiger partial charge on any atom is -0.436 e. The second-order valence-electron chi connectivity index (χ2n) is 5.18. The van der Waals surface area contributed by atoms with E-state index >= 15 is 0 Å². The van der Waals surface area contributed by atoms with E-state index in [4.69, 9.17) is 4.42 Å². The van der Waals surface area contributed by atoms with Crippen molar-refractivity contribution in [1.82, 2.24) is 4.98 Å². The average Bonchev–Trinajstić information content (AvgIpc) is 3.06. The molecule has 0 saturated heterocycles. The minimum absolute atomic E-state index is 0.229. The molecule has 0 fully saturated rings. The van der Waals surface area contributed by atoms with Gasteiger partial charge in [-0.1, -0.05) is 49.0 Å². The van der Waals surface area contributed by atoms with Crippen LogP contribution in [0.3, 0.4) is 0 Å². The third-order valence-corrected chi connectivity index (χ3v) is 3.36. The Balaban J connectivity index is 1.95. The highest BCUT2D eigenvalue weighted by molar-refractivity contribution is 6.04. The summed E-state index contributed by atoms with van der Waals surface area (Å²) in [5, 5.41) is 2.82. The first kappa shape index (κ1) is 14.8. The zero-order chi connectivity index (χ0) is 16.2. The first-order chi connectivity index (χ1) is 11.1. The molecule has 4 heteroatoms. The van der Waals surface area contributed by atoms with Gasteiger partial charge in [0.25, 0.3) is 5.91 Å². The Morgan fingerprint density at radius 3 is 2.52 bits per heavy atom. The van der Waals surface area contributed by atoms with Gasteiger partial charge in [-0.2, -0.15) is 0 Å². The molecule has 0 aliphatic carbocycles. The van der Waals surface area contributed by atoms with Crippen molar-refractivity contribution in [2.45, 2.75) is 6.92 Å². The molecule has 0 saturated carbocycles. The smallest absolute Gasteiger partial charge is 0.250 e. The van der Waals surface area contributed by atoms with Gasteiger partial charge >= 0.3 is 0 Å². The number of aromatic nitrogens is 1. The van der Waals surface area contributed by atoms with Crippen LogP contribution in [0.15, 0.2) is 77.4 Å². The minimum atomic E-state index is -0.229. The monoisotopic (exact) mass is 304 g/mol. The molecular formula is C19H16N2O2. The normalized spacial score (nSPS) is 10.3. The number of rotatable bonds is 4. The first-order valence-corrected chi connectivity index (χ1v) is 7.22. The molecule has 3 aromatic rings. The lowest BCUT2D eigenvalue weighted by Gasteiger charge is -2.08. The largest absolute Gasteiger partial charge is 0.436 e. The number of benzene rings is 2. The van der Waals surface area contributed by atoms with Gasteiger partial charge in [-0.15, -0.1) is 0 Å². The van der Waals surface area contributed by atoms with Gasteiger partial charge in [0.05, 0.1) is 17.4 Å². The zero-order valence-electron chi connectivity index (χ0n) is 12.7. The lowest BCUT2D eigenvalue weighted by molar-refractivity contribution is -0.112. The number of nitrogens with one attached hydrogen (secondary N) is 1. The Hall–Kier alpha value is -3.14. The second-order valence-corrected chi connectivity index (χ2v) is 5.18. The van der Waals surface area contributed by atoms with E-state index in [1.165, 1.54) is 0 Å². The molecule has 1 heterocycles. The fourth-order valence-electron chi connectivity index (χ4n) is 2.14. The van der Waals surface area contributed by atoms with Crippen LogP contribution in [-0.4, -0.2) is 10.9 Å². The van der Waals surface area contributed by atoms with E-state index in [0.29, 0.717) is 22.9 Å². The summed E-state index contributed by atoms with van der Waals surface area (Å²) in [5.41, 5.74) is 2.76. The SMILES string of the molecule is C=C(C)C(=O)Nc1ccccc1-c1ncc(-c2ccccc2)o1. The second kappa shape index (κ2) is 6.32. The van der Waals surface area contributed by atoms with E-state index in [0.717, 1.165) is 11.1 Å². The van der Waals surface area contributed by atoms with Crippen LogP contribution in [0.25, 0.3) is 22.8 Å². The van der Waals surface area contributed by atoms with Gasteiger partial charge in [0, 0.05) is 11.1 Å². The Bertz CT molecular complexity index is 851. The predicted octanol–water partition coefficient (Wildman–Crippen LogP) is 4.52. The Morgan fingerprint density at radius 2 is 1.78 bits per heavy atom. The molecule has 1 N–H and O–H groups in total. The molecule has 0 radical (unpaired) electrons. The number of oxazole rings is 1. The maximum Gasteiger partial charge on any atom is 0.250 e. The van der Waals surface area contributed by atoms with Crippen molar-refractivity contribution in [3.05, 3.63) is 72.9 Å². The maximum atomic E-state index is 11.9. The summed E-state index contributed by atoms with van der Waals surface area (Å²) >= 11 is 0. The van der Waals surface area contributed by atoms with Crippen molar-refractivity contribution in [1.29, 1.82) is 0 Å². The third kappa shape index (κ3) is 3.21. The van der Waals surface area contributed by atoms with Crippen molar-refractivity contribution in [2.24, 2.45) is 0 Å². The summed E-state index contributed by atoms with van der Waals surface area (Å²) in [6.07, 6.45) is 1.68. The van der Waals surface area contributed by atoms with Gasteiger partial charge in [0.2, 0.25) is 5.89 Å². The molecule has 0 atom stereocenters. The number of carbonyl (C=O) groups is 1. The predicted molar refractivity (Wildman–Crippen MR) is 90.8 cm³/mol. The van der Waals surface area contributed by atoms with Gasteiger partial charge in [-0.3, -0.25) is 4.79 Å². The number of nitrogens with zero attached hydrogens (tertiary/aromatic N) is 1. The molecule has 0 spiro atoms. The fourth-order valence-corrected chi connectivity index (χ4v) is 2.14. The van der Waals surface area contributed by atoms with Crippen LogP contribution in [0.2, 0.25) is 0 Å². The van der Waals surface area contributed by atoms with Crippen LogP contribution in [0.5, 0.6) is 0 Å². The van der Waals surface area contributed by atoms with Crippen LogP contribution in [0, 0.1) is 0 Å². The van der Waals surface area contributed by atoms with E-state index in [9.17, 15) is 4.79 Å². The number of carbonyl (C=O) groups excluding carboxylic acids is 1. The first-order valence-electron chi connectivity index (χ1n) is 7.22. The van der Waals surface area contributed by atoms with Crippen LogP contribution >= 0.6 is 0 Å². The molecule has 0 bridgehead atoms. The topological polar surface area (TPSA) is 55.1 Å². The number of anilines is 1. The highest BCUT2D eigenvalue weighted by atomic mass is 16.4. The van der Waals surface area contributed by atoms with E-state index in [2.05, 4.69) is 16.9 Å².